The maximum absolute atomic E-state index is 4.84. The molecule has 3 aromatic carbocycles. The number of aromatic nitrogens is 3. The molecule has 3 heteroatoms. The van der Waals surface area contributed by atoms with Crippen LogP contribution in [0.5, 0.6) is 0 Å². The second-order valence-corrected chi connectivity index (χ2v) is 6.75. The van der Waals surface area contributed by atoms with Gasteiger partial charge in [-0.05, 0) is 29.2 Å². The molecule has 0 saturated carbocycles. The van der Waals surface area contributed by atoms with Gasteiger partial charge in [-0.15, -0.1) is 0 Å². The molecule has 26 heavy (non-hydrogen) atoms. The molecule has 0 radical (unpaired) electrons. The Balaban J connectivity index is 1.80. The Morgan fingerprint density at radius 1 is 0.692 bits per heavy atom. The van der Waals surface area contributed by atoms with Gasteiger partial charge in [-0.3, -0.25) is 0 Å². The first kappa shape index (κ1) is 15.1. The summed E-state index contributed by atoms with van der Waals surface area (Å²) in [7, 11) is 0. The first-order chi connectivity index (χ1) is 12.8. The van der Waals surface area contributed by atoms with Crippen LogP contribution in [0, 0.1) is 6.92 Å². The van der Waals surface area contributed by atoms with E-state index in [1.807, 2.05) is 6.92 Å². The third-order valence-electron chi connectivity index (χ3n) is 5.12. The van der Waals surface area contributed by atoms with Gasteiger partial charge in [0.15, 0.2) is 0 Å². The minimum Gasteiger partial charge on any atom is -0.237 e. The van der Waals surface area contributed by atoms with Gasteiger partial charge in [0, 0.05) is 0 Å². The van der Waals surface area contributed by atoms with Crippen molar-refractivity contribution in [1.82, 2.24) is 14.8 Å². The summed E-state index contributed by atoms with van der Waals surface area (Å²) < 4.78 is 2.12. The molecule has 5 rings (SSSR count). The van der Waals surface area contributed by atoms with E-state index in [9.17, 15) is 0 Å². The third kappa shape index (κ3) is 2.28. The molecule has 0 aliphatic carbocycles. The molecule has 4 aromatic rings. The molecule has 0 saturated heterocycles. The quantitative estimate of drug-likeness (QED) is 0.467. The van der Waals surface area contributed by atoms with Gasteiger partial charge in [0.1, 0.15) is 17.7 Å². The first-order valence-corrected chi connectivity index (χ1v) is 8.94. The molecule has 0 N–H and O–H groups in total. The highest BCUT2D eigenvalue weighted by atomic mass is 15.4. The van der Waals surface area contributed by atoms with E-state index < -0.39 is 0 Å². The molecule has 0 amide bonds. The Bertz CT molecular complexity index is 967. The normalized spacial score (nSPS) is 18.2. The van der Waals surface area contributed by atoms with Crippen molar-refractivity contribution < 1.29 is 0 Å². The molecule has 0 spiro atoms. The number of rotatable bonds is 2. The van der Waals surface area contributed by atoms with Crippen molar-refractivity contribution in [3.8, 4) is 0 Å². The van der Waals surface area contributed by atoms with Crippen molar-refractivity contribution in [2.24, 2.45) is 0 Å². The van der Waals surface area contributed by atoms with E-state index in [4.69, 9.17) is 10.1 Å². The fourth-order valence-corrected chi connectivity index (χ4v) is 4.06. The van der Waals surface area contributed by atoms with Gasteiger partial charge < -0.3 is 0 Å². The first-order valence-electron chi connectivity index (χ1n) is 8.94. The van der Waals surface area contributed by atoms with E-state index in [2.05, 4.69) is 89.6 Å². The van der Waals surface area contributed by atoms with E-state index in [1.54, 1.807) is 0 Å². The Kier molecular flexibility index (Phi) is 3.45. The number of fused-ring (bicyclic) bond motifs is 2. The van der Waals surface area contributed by atoms with Gasteiger partial charge in [0.25, 0.3) is 0 Å². The van der Waals surface area contributed by atoms with Gasteiger partial charge in [0.05, 0.1) is 5.92 Å². The smallest absolute Gasteiger partial charge is 0.147 e. The summed E-state index contributed by atoms with van der Waals surface area (Å²) in [5.41, 5.74) is 5.09. The van der Waals surface area contributed by atoms with Crippen LogP contribution in [0.15, 0.2) is 84.9 Å². The van der Waals surface area contributed by atoms with Crippen molar-refractivity contribution in [1.29, 1.82) is 0 Å². The zero-order valence-corrected chi connectivity index (χ0v) is 14.6. The fraction of sp³-hybridized carbons (Fsp3) is 0.130. The molecule has 1 aliphatic rings. The lowest BCUT2D eigenvalue weighted by molar-refractivity contribution is 0.524. The summed E-state index contributed by atoms with van der Waals surface area (Å²) in [5, 5.41) is 4.79. The molecule has 2 heterocycles. The Labute approximate surface area is 153 Å². The van der Waals surface area contributed by atoms with Crippen LogP contribution in [0.3, 0.4) is 0 Å². The Morgan fingerprint density at radius 2 is 1.27 bits per heavy atom. The van der Waals surface area contributed by atoms with Crippen LogP contribution in [0.2, 0.25) is 0 Å². The lowest BCUT2D eigenvalue weighted by Crippen LogP contribution is -2.26. The maximum Gasteiger partial charge on any atom is 0.147 e. The fourth-order valence-electron chi connectivity index (χ4n) is 4.06. The van der Waals surface area contributed by atoms with Gasteiger partial charge >= 0.3 is 0 Å². The van der Waals surface area contributed by atoms with Crippen LogP contribution in [0.25, 0.3) is 0 Å². The molecule has 3 nitrogen and oxygen atoms in total. The van der Waals surface area contributed by atoms with Crippen molar-refractivity contribution in [2.45, 2.75) is 18.9 Å². The molecule has 126 valence electrons. The van der Waals surface area contributed by atoms with Crippen LogP contribution < -0.4 is 0 Å². The van der Waals surface area contributed by atoms with Gasteiger partial charge in [-0.2, -0.15) is 5.10 Å². The largest absolute Gasteiger partial charge is 0.237 e. The Hall–Kier alpha value is -3.20. The zero-order chi connectivity index (χ0) is 17.5. The molecule has 1 aromatic heterocycles. The lowest BCUT2D eigenvalue weighted by Gasteiger charge is -2.32. The van der Waals surface area contributed by atoms with E-state index in [0.717, 1.165) is 11.6 Å². The minimum atomic E-state index is 0.0589. The average molecular weight is 337 g/mol. The predicted molar refractivity (Wildman–Crippen MR) is 102 cm³/mol. The molecule has 0 fully saturated rings. The van der Waals surface area contributed by atoms with Crippen LogP contribution in [0.1, 0.15) is 45.9 Å². The number of nitrogens with zero attached hydrogens (tertiary/aromatic N) is 3. The summed E-state index contributed by atoms with van der Waals surface area (Å²) >= 11 is 0. The topological polar surface area (TPSA) is 30.7 Å². The van der Waals surface area contributed by atoms with E-state index in [-0.39, 0.29) is 12.0 Å². The zero-order valence-electron chi connectivity index (χ0n) is 14.6. The summed E-state index contributed by atoms with van der Waals surface area (Å²) in [6, 6.07) is 29.9. The molecule has 0 unspecified atom stereocenters. The molecule has 1 aliphatic heterocycles. The van der Waals surface area contributed by atoms with Crippen LogP contribution in [-0.4, -0.2) is 14.8 Å². The molecule has 2 atom stereocenters. The highest BCUT2D eigenvalue weighted by Crippen LogP contribution is 2.43. The van der Waals surface area contributed by atoms with Crippen molar-refractivity contribution in [3.05, 3.63) is 119 Å². The Morgan fingerprint density at radius 3 is 1.96 bits per heavy atom. The van der Waals surface area contributed by atoms with Crippen LogP contribution in [-0.2, 0) is 0 Å². The average Bonchev–Trinajstić information content (AvgIpc) is 3.07. The van der Waals surface area contributed by atoms with Crippen molar-refractivity contribution >= 4 is 0 Å². The molecule has 0 bridgehead atoms. The number of hydrogen-bond donors (Lipinski definition) is 0. The van der Waals surface area contributed by atoms with Crippen LogP contribution >= 0.6 is 0 Å². The number of hydrogen-bond acceptors (Lipinski definition) is 2. The third-order valence-corrected chi connectivity index (χ3v) is 5.12. The van der Waals surface area contributed by atoms with Crippen LogP contribution in [0.4, 0.5) is 0 Å². The second kappa shape index (κ2) is 5.95. The SMILES string of the molecule is Cc1nc2n(n1)[C@H](c1ccccc1)c1ccccc1[C@@H]2c1ccccc1. The van der Waals surface area contributed by atoms with Gasteiger partial charge in [0.2, 0.25) is 0 Å². The minimum absolute atomic E-state index is 0.0589. The maximum atomic E-state index is 4.84. The summed E-state index contributed by atoms with van der Waals surface area (Å²) in [6.45, 7) is 1.97. The predicted octanol–water partition coefficient (Wildman–Crippen LogP) is 4.72. The van der Waals surface area contributed by atoms with Crippen molar-refractivity contribution in [3.63, 3.8) is 0 Å². The number of aryl methyl sites for hydroxylation is 1. The standard InChI is InChI=1S/C23H19N3/c1-16-24-23-21(17-10-4-2-5-11-17)19-14-8-9-15-20(19)22(26(23)25-16)18-12-6-3-7-13-18/h2-15,21-22H,1H3/t21-,22+/m0/s1. The molecular weight excluding hydrogens is 318 g/mol. The van der Waals surface area contributed by atoms with Crippen molar-refractivity contribution in [2.75, 3.05) is 0 Å². The number of benzene rings is 3. The van der Waals surface area contributed by atoms with E-state index in [1.165, 1.54) is 22.3 Å². The van der Waals surface area contributed by atoms with E-state index >= 15 is 0 Å². The monoisotopic (exact) mass is 337 g/mol. The van der Waals surface area contributed by atoms with E-state index in [0.29, 0.717) is 0 Å². The summed E-state index contributed by atoms with van der Waals surface area (Å²) in [5.74, 6) is 1.93. The van der Waals surface area contributed by atoms with Gasteiger partial charge in [-0.25, -0.2) is 9.67 Å². The lowest BCUT2D eigenvalue weighted by atomic mass is 9.81. The highest BCUT2D eigenvalue weighted by Gasteiger charge is 2.35. The second-order valence-electron chi connectivity index (χ2n) is 6.75. The summed E-state index contributed by atoms with van der Waals surface area (Å²) in [6.07, 6.45) is 0. The summed E-state index contributed by atoms with van der Waals surface area (Å²) in [4.78, 5) is 4.84. The van der Waals surface area contributed by atoms with Gasteiger partial charge in [-0.1, -0.05) is 84.9 Å². The highest BCUT2D eigenvalue weighted by molar-refractivity contribution is 5.50. The molecular formula is C23H19N3.